The molecule has 0 radical (unpaired) electrons. The van der Waals surface area contributed by atoms with E-state index in [0.717, 1.165) is 5.56 Å². The van der Waals surface area contributed by atoms with Crippen molar-refractivity contribution in [2.75, 3.05) is 5.32 Å². The molecule has 0 saturated heterocycles. The van der Waals surface area contributed by atoms with Gasteiger partial charge in [-0.25, -0.2) is 0 Å². The first-order chi connectivity index (χ1) is 7.90. The minimum atomic E-state index is -0.477. The maximum atomic E-state index is 11.8. The number of halogens is 1. The van der Waals surface area contributed by atoms with E-state index < -0.39 is 6.04 Å². The number of benzene rings is 1. The average molecular weight is 255 g/mol. The molecular formula is C13H19ClN2O. The average Bonchev–Trinajstić information content (AvgIpc) is 2.22. The third-order valence-electron chi connectivity index (χ3n) is 2.50. The van der Waals surface area contributed by atoms with Gasteiger partial charge in [-0.1, -0.05) is 31.5 Å². The van der Waals surface area contributed by atoms with E-state index in [9.17, 15) is 4.79 Å². The van der Waals surface area contributed by atoms with Gasteiger partial charge in [0.25, 0.3) is 0 Å². The van der Waals surface area contributed by atoms with Gasteiger partial charge in [-0.05, 0) is 37.0 Å². The Hall–Kier alpha value is -1.06. The van der Waals surface area contributed by atoms with Gasteiger partial charge in [0.1, 0.15) is 0 Å². The molecule has 0 unspecified atom stereocenters. The fourth-order valence-corrected chi connectivity index (χ4v) is 1.70. The molecule has 0 spiro atoms. The molecule has 0 aliphatic carbocycles. The summed E-state index contributed by atoms with van der Waals surface area (Å²) >= 11 is 5.98. The summed E-state index contributed by atoms with van der Waals surface area (Å²) in [6, 6.07) is 4.94. The molecule has 3 N–H and O–H groups in total. The molecule has 0 heterocycles. The number of hydrogen-bond acceptors (Lipinski definition) is 2. The first-order valence-corrected chi connectivity index (χ1v) is 6.10. The lowest BCUT2D eigenvalue weighted by molar-refractivity contribution is -0.117. The van der Waals surface area contributed by atoms with Crippen LogP contribution in [-0.2, 0) is 4.79 Å². The van der Waals surface area contributed by atoms with Crippen molar-refractivity contribution < 1.29 is 4.79 Å². The molecule has 0 aliphatic rings. The molecule has 0 fully saturated rings. The lowest BCUT2D eigenvalue weighted by Crippen LogP contribution is -2.36. The molecule has 1 rings (SSSR count). The third-order valence-corrected chi connectivity index (χ3v) is 2.91. The minimum absolute atomic E-state index is 0.168. The van der Waals surface area contributed by atoms with Crippen LogP contribution in [0.2, 0.25) is 5.02 Å². The van der Waals surface area contributed by atoms with E-state index in [1.165, 1.54) is 0 Å². The Labute approximate surface area is 107 Å². The van der Waals surface area contributed by atoms with Crippen LogP contribution in [0, 0.1) is 12.8 Å². The van der Waals surface area contributed by atoms with E-state index in [4.69, 9.17) is 17.3 Å². The Balaban J connectivity index is 2.64. The fraction of sp³-hybridized carbons (Fsp3) is 0.462. The highest BCUT2D eigenvalue weighted by Gasteiger charge is 2.15. The number of rotatable bonds is 4. The summed E-state index contributed by atoms with van der Waals surface area (Å²) in [4.78, 5) is 11.8. The Morgan fingerprint density at radius 1 is 1.47 bits per heavy atom. The maximum Gasteiger partial charge on any atom is 0.241 e. The van der Waals surface area contributed by atoms with Crippen LogP contribution >= 0.6 is 11.6 Å². The number of aryl methyl sites for hydroxylation is 1. The number of nitrogens with two attached hydrogens (primary N) is 1. The summed E-state index contributed by atoms with van der Waals surface area (Å²) in [6.45, 7) is 5.99. The van der Waals surface area contributed by atoms with Crippen LogP contribution in [0.3, 0.4) is 0 Å². The molecule has 17 heavy (non-hydrogen) atoms. The Morgan fingerprint density at radius 2 is 2.12 bits per heavy atom. The maximum absolute atomic E-state index is 11.8. The second-order valence-corrected chi connectivity index (χ2v) is 5.10. The molecule has 0 saturated carbocycles. The molecule has 4 heteroatoms. The van der Waals surface area contributed by atoms with Crippen LogP contribution in [0.25, 0.3) is 0 Å². The Kier molecular flexibility index (Phi) is 4.97. The van der Waals surface area contributed by atoms with Crippen molar-refractivity contribution in [3.8, 4) is 0 Å². The zero-order chi connectivity index (χ0) is 13.0. The van der Waals surface area contributed by atoms with Gasteiger partial charge in [-0.3, -0.25) is 4.79 Å². The lowest BCUT2D eigenvalue weighted by Gasteiger charge is -2.14. The highest BCUT2D eigenvalue weighted by atomic mass is 35.5. The number of nitrogens with one attached hydrogen (secondary N) is 1. The molecule has 1 aromatic carbocycles. The summed E-state index contributed by atoms with van der Waals surface area (Å²) in [6.07, 6.45) is 0.672. The smallest absolute Gasteiger partial charge is 0.241 e. The van der Waals surface area contributed by atoms with E-state index >= 15 is 0 Å². The third kappa shape index (κ3) is 4.36. The molecular weight excluding hydrogens is 236 g/mol. The fourth-order valence-electron chi connectivity index (χ4n) is 1.52. The van der Waals surface area contributed by atoms with Gasteiger partial charge in [0.05, 0.1) is 6.04 Å². The van der Waals surface area contributed by atoms with Crippen molar-refractivity contribution in [1.82, 2.24) is 0 Å². The van der Waals surface area contributed by atoms with E-state index in [0.29, 0.717) is 23.0 Å². The largest absolute Gasteiger partial charge is 0.325 e. The molecule has 1 aromatic rings. The summed E-state index contributed by atoms with van der Waals surface area (Å²) in [7, 11) is 0. The molecule has 0 aliphatic heterocycles. The first kappa shape index (κ1) is 14.0. The van der Waals surface area contributed by atoms with Crippen molar-refractivity contribution >= 4 is 23.2 Å². The Bertz CT molecular complexity index is 404. The molecule has 3 nitrogen and oxygen atoms in total. The van der Waals surface area contributed by atoms with Crippen molar-refractivity contribution in [1.29, 1.82) is 0 Å². The summed E-state index contributed by atoms with van der Waals surface area (Å²) in [5, 5.41) is 3.41. The Morgan fingerprint density at radius 3 is 2.65 bits per heavy atom. The highest BCUT2D eigenvalue weighted by Crippen LogP contribution is 2.20. The molecule has 0 aromatic heterocycles. The van der Waals surface area contributed by atoms with Crippen LogP contribution < -0.4 is 11.1 Å². The van der Waals surface area contributed by atoms with Gasteiger partial charge < -0.3 is 11.1 Å². The topological polar surface area (TPSA) is 55.1 Å². The van der Waals surface area contributed by atoms with Crippen molar-refractivity contribution in [2.24, 2.45) is 11.7 Å². The number of carbonyl (C=O) groups is 1. The van der Waals surface area contributed by atoms with Crippen LogP contribution in [0.1, 0.15) is 25.8 Å². The van der Waals surface area contributed by atoms with Gasteiger partial charge >= 0.3 is 0 Å². The van der Waals surface area contributed by atoms with Crippen LogP contribution in [0.15, 0.2) is 18.2 Å². The lowest BCUT2D eigenvalue weighted by atomic mass is 10.0. The van der Waals surface area contributed by atoms with Gasteiger partial charge in [0.2, 0.25) is 5.91 Å². The SMILES string of the molecule is Cc1ccc(NC(=O)[C@H](N)CC(C)C)cc1Cl. The molecule has 1 atom stereocenters. The van der Waals surface area contributed by atoms with E-state index in [1.807, 2.05) is 32.9 Å². The molecule has 0 bridgehead atoms. The standard InChI is InChI=1S/C13H19ClN2O/c1-8(2)6-12(15)13(17)16-10-5-4-9(3)11(14)7-10/h4-5,7-8,12H,6,15H2,1-3H3,(H,16,17)/t12-/m1/s1. The monoisotopic (exact) mass is 254 g/mol. The zero-order valence-corrected chi connectivity index (χ0v) is 11.2. The zero-order valence-electron chi connectivity index (χ0n) is 10.5. The second kappa shape index (κ2) is 6.03. The van der Waals surface area contributed by atoms with E-state index in [2.05, 4.69) is 5.32 Å². The molecule has 1 amide bonds. The number of anilines is 1. The second-order valence-electron chi connectivity index (χ2n) is 4.69. The van der Waals surface area contributed by atoms with Crippen molar-refractivity contribution in [3.05, 3.63) is 28.8 Å². The van der Waals surface area contributed by atoms with Gasteiger partial charge in [-0.2, -0.15) is 0 Å². The van der Waals surface area contributed by atoms with Crippen LogP contribution in [0.5, 0.6) is 0 Å². The van der Waals surface area contributed by atoms with E-state index in [-0.39, 0.29) is 5.91 Å². The van der Waals surface area contributed by atoms with Crippen molar-refractivity contribution in [2.45, 2.75) is 33.2 Å². The van der Waals surface area contributed by atoms with Crippen LogP contribution in [0.4, 0.5) is 5.69 Å². The summed E-state index contributed by atoms with van der Waals surface area (Å²) in [5.41, 5.74) is 7.46. The number of carbonyl (C=O) groups excluding carboxylic acids is 1. The first-order valence-electron chi connectivity index (χ1n) is 5.72. The van der Waals surface area contributed by atoms with Crippen molar-refractivity contribution in [3.63, 3.8) is 0 Å². The van der Waals surface area contributed by atoms with Gasteiger partial charge in [0, 0.05) is 10.7 Å². The minimum Gasteiger partial charge on any atom is -0.325 e. The predicted octanol–water partition coefficient (Wildman–Crippen LogP) is 2.96. The predicted molar refractivity (Wildman–Crippen MR) is 72.2 cm³/mol. The van der Waals surface area contributed by atoms with Crippen LogP contribution in [-0.4, -0.2) is 11.9 Å². The quantitative estimate of drug-likeness (QED) is 0.868. The highest BCUT2D eigenvalue weighted by molar-refractivity contribution is 6.31. The summed E-state index contributed by atoms with van der Waals surface area (Å²) in [5.74, 6) is 0.232. The van der Waals surface area contributed by atoms with E-state index in [1.54, 1.807) is 6.07 Å². The van der Waals surface area contributed by atoms with Gasteiger partial charge in [0.15, 0.2) is 0 Å². The van der Waals surface area contributed by atoms with Gasteiger partial charge in [-0.15, -0.1) is 0 Å². The normalized spacial score (nSPS) is 12.6. The summed E-state index contributed by atoms with van der Waals surface area (Å²) < 4.78 is 0. The molecule has 94 valence electrons. The number of amides is 1. The number of hydrogen-bond donors (Lipinski definition) is 2.